The summed E-state index contributed by atoms with van der Waals surface area (Å²) in [6, 6.07) is 0.220. The fourth-order valence-corrected chi connectivity index (χ4v) is 2.70. The molecule has 0 aromatic rings. The largest absolute Gasteiger partial charge is 1.00 e. The Morgan fingerprint density at radius 1 is 1.33 bits per heavy atom. The van der Waals surface area contributed by atoms with Crippen LogP contribution >= 0.6 is 0 Å². The van der Waals surface area contributed by atoms with E-state index >= 15 is 0 Å². The first-order valence-electron chi connectivity index (χ1n) is 5.24. The Kier molecular flexibility index (Phi) is 7.67. The molecule has 0 aromatic carbocycles. The van der Waals surface area contributed by atoms with Crippen LogP contribution < -0.4 is 34.9 Å². The second kappa shape index (κ2) is 7.25. The van der Waals surface area contributed by atoms with Crippen molar-refractivity contribution in [1.29, 1.82) is 0 Å². The van der Waals surface area contributed by atoms with E-state index in [-0.39, 0.29) is 35.6 Å². The van der Waals surface area contributed by atoms with Crippen LogP contribution in [0.25, 0.3) is 0 Å². The zero-order valence-corrected chi connectivity index (χ0v) is 12.3. The third-order valence-corrected chi connectivity index (χ3v) is 3.91. The molecular formula is C9H18NNaO3S. The van der Waals surface area contributed by atoms with Gasteiger partial charge in [0.25, 0.3) is 0 Å². The zero-order chi connectivity index (χ0) is 10.6. The summed E-state index contributed by atoms with van der Waals surface area (Å²) in [6.07, 6.45) is 5.82. The Balaban J connectivity index is 0.00000196. The topological polar surface area (TPSA) is 69.2 Å². The monoisotopic (exact) mass is 243 g/mol. The summed E-state index contributed by atoms with van der Waals surface area (Å²) in [5.41, 5.74) is 0. The van der Waals surface area contributed by atoms with Crippen LogP contribution in [0.5, 0.6) is 0 Å². The SMILES string of the molecule is CCC(NC1CCCCC1)S(=O)(=O)[O-].[Na+]. The number of hydrogen-bond acceptors (Lipinski definition) is 4. The van der Waals surface area contributed by atoms with Crippen LogP contribution in [0.1, 0.15) is 45.4 Å². The Hall–Kier alpha value is 0.870. The van der Waals surface area contributed by atoms with Crippen molar-refractivity contribution in [3.63, 3.8) is 0 Å². The van der Waals surface area contributed by atoms with Gasteiger partial charge in [-0.05, 0) is 19.3 Å². The van der Waals surface area contributed by atoms with E-state index < -0.39 is 15.5 Å². The van der Waals surface area contributed by atoms with Crippen molar-refractivity contribution in [2.75, 3.05) is 0 Å². The van der Waals surface area contributed by atoms with E-state index in [2.05, 4.69) is 5.32 Å². The van der Waals surface area contributed by atoms with Gasteiger partial charge in [-0.3, -0.25) is 5.32 Å². The van der Waals surface area contributed by atoms with Crippen molar-refractivity contribution < 1.29 is 42.5 Å². The van der Waals surface area contributed by atoms with E-state index in [4.69, 9.17) is 0 Å². The van der Waals surface area contributed by atoms with Crippen LogP contribution in [0, 0.1) is 0 Å². The van der Waals surface area contributed by atoms with Gasteiger partial charge < -0.3 is 4.55 Å². The van der Waals surface area contributed by atoms with E-state index in [9.17, 15) is 13.0 Å². The first kappa shape index (κ1) is 15.9. The molecule has 1 N–H and O–H groups in total. The standard InChI is InChI=1S/C9H19NO3S.Na/c1-2-9(14(11,12)13)10-8-6-4-3-5-7-8;/h8-10H,2-7H2,1H3,(H,11,12,13);/q;+1/p-1. The Morgan fingerprint density at radius 3 is 2.27 bits per heavy atom. The Morgan fingerprint density at radius 2 is 1.87 bits per heavy atom. The molecule has 0 amide bonds. The molecule has 1 atom stereocenters. The fourth-order valence-electron chi connectivity index (χ4n) is 1.94. The second-order valence-electron chi connectivity index (χ2n) is 3.89. The molecule has 1 aliphatic carbocycles. The summed E-state index contributed by atoms with van der Waals surface area (Å²) >= 11 is 0. The molecule has 84 valence electrons. The second-order valence-corrected chi connectivity index (χ2v) is 5.45. The van der Waals surface area contributed by atoms with E-state index in [0.29, 0.717) is 6.42 Å². The minimum atomic E-state index is -4.18. The Labute approximate surface area is 114 Å². The summed E-state index contributed by atoms with van der Waals surface area (Å²) in [5, 5.41) is 2.05. The van der Waals surface area contributed by atoms with Gasteiger partial charge in [0.05, 0.1) is 5.37 Å². The van der Waals surface area contributed by atoms with Crippen LogP contribution in [0.2, 0.25) is 0 Å². The summed E-state index contributed by atoms with van der Waals surface area (Å²) < 4.78 is 32.5. The van der Waals surface area contributed by atoms with Gasteiger partial charge in [-0.15, -0.1) is 0 Å². The summed E-state index contributed by atoms with van der Waals surface area (Å²) in [4.78, 5) is 0. The normalized spacial score (nSPS) is 20.7. The third kappa shape index (κ3) is 5.65. The summed E-state index contributed by atoms with van der Waals surface area (Å²) in [7, 11) is -4.18. The molecule has 0 spiro atoms. The van der Waals surface area contributed by atoms with Crippen LogP contribution in [-0.4, -0.2) is 24.4 Å². The molecule has 1 saturated carbocycles. The maximum absolute atomic E-state index is 10.8. The minimum Gasteiger partial charge on any atom is -0.747 e. The third-order valence-electron chi connectivity index (χ3n) is 2.75. The average Bonchev–Trinajstić information content (AvgIpc) is 2.14. The van der Waals surface area contributed by atoms with Gasteiger partial charge in [0.1, 0.15) is 10.1 Å². The summed E-state index contributed by atoms with van der Waals surface area (Å²) in [6.45, 7) is 1.72. The zero-order valence-electron chi connectivity index (χ0n) is 9.53. The molecule has 15 heavy (non-hydrogen) atoms. The maximum Gasteiger partial charge on any atom is 1.00 e. The molecule has 0 radical (unpaired) electrons. The maximum atomic E-state index is 10.8. The molecule has 0 bridgehead atoms. The van der Waals surface area contributed by atoms with E-state index in [0.717, 1.165) is 25.7 Å². The van der Waals surface area contributed by atoms with Crippen molar-refractivity contribution in [3.8, 4) is 0 Å². The van der Waals surface area contributed by atoms with Gasteiger partial charge in [0, 0.05) is 6.04 Å². The van der Waals surface area contributed by atoms with Crippen molar-refractivity contribution in [2.24, 2.45) is 0 Å². The van der Waals surface area contributed by atoms with Gasteiger partial charge in [-0.1, -0.05) is 26.2 Å². The van der Waals surface area contributed by atoms with Crippen LogP contribution in [0.15, 0.2) is 0 Å². The molecule has 0 heterocycles. The van der Waals surface area contributed by atoms with Gasteiger partial charge in [-0.2, -0.15) is 0 Å². The fraction of sp³-hybridized carbons (Fsp3) is 1.00. The van der Waals surface area contributed by atoms with Crippen LogP contribution in [0.4, 0.5) is 0 Å². The molecule has 0 saturated heterocycles. The molecule has 0 aliphatic heterocycles. The number of nitrogens with one attached hydrogen (secondary N) is 1. The van der Waals surface area contributed by atoms with E-state index in [1.165, 1.54) is 6.42 Å². The smallest absolute Gasteiger partial charge is 0.747 e. The number of rotatable bonds is 4. The van der Waals surface area contributed by atoms with Crippen LogP contribution in [0.3, 0.4) is 0 Å². The average molecular weight is 243 g/mol. The Bertz CT molecular complexity index is 263. The quantitative estimate of drug-likeness (QED) is 0.467. The number of hydrogen-bond donors (Lipinski definition) is 1. The predicted octanol–water partition coefficient (Wildman–Crippen LogP) is -1.81. The first-order valence-corrected chi connectivity index (χ1v) is 6.72. The molecule has 1 rings (SSSR count). The molecule has 6 heteroatoms. The molecule has 0 aromatic heterocycles. The molecule has 1 unspecified atom stereocenters. The van der Waals surface area contributed by atoms with Gasteiger partial charge in [0.15, 0.2) is 0 Å². The van der Waals surface area contributed by atoms with Gasteiger partial charge in [0.2, 0.25) is 0 Å². The first-order chi connectivity index (χ1) is 6.54. The molecule has 1 aliphatic rings. The van der Waals surface area contributed by atoms with Crippen LogP contribution in [-0.2, 0) is 10.1 Å². The van der Waals surface area contributed by atoms with Gasteiger partial charge in [-0.25, -0.2) is 8.42 Å². The van der Waals surface area contributed by atoms with Crippen molar-refractivity contribution >= 4 is 10.1 Å². The molecule has 4 nitrogen and oxygen atoms in total. The molecular weight excluding hydrogens is 225 g/mol. The minimum absolute atomic E-state index is 0. The van der Waals surface area contributed by atoms with E-state index in [1.54, 1.807) is 6.92 Å². The van der Waals surface area contributed by atoms with Gasteiger partial charge >= 0.3 is 29.6 Å². The van der Waals surface area contributed by atoms with E-state index in [1.807, 2.05) is 0 Å². The van der Waals surface area contributed by atoms with Crippen molar-refractivity contribution in [2.45, 2.75) is 56.9 Å². The molecule has 1 fully saturated rings. The summed E-state index contributed by atoms with van der Waals surface area (Å²) in [5.74, 6) is 0. The predicted molar refractivity (Wildman–Crippen MR) is 53.8 cm³/mol. The van der Waals surface area contributed by atoms with Crippen molar-refractivity contribution in [1.82, 2.24) is 5.32 Å². The van der Waals surface area contributed by atoms with Crippen molar-refractivity contribution in [3.05, 3.63) is 0 Å².